The van der Waals surface area contributed by atoms with Gasteiger partial charge in [0.15, 0.2) is 0 Å². The Morgan fingerprint density at radius 1 is 1.22 bits per heavy atom. The lowest BCUT2D eigenvalue weighted by Crippen LogP contribution is -2.44. The zero-order valence-electron chi connectivity index (χ0n) is 13.5. The van der Waals surface area contributed by atoms with Crippen LogP contribution in [-0.2, 0) is 4.79 Å². The van der Waals surface area contributed by atoms with Crippen molar-refractivity contribution in [3.05, 3.63) is 35.9 Å². The molecular weight excluding hydrogens is 290 g/mol. The molecule has 1 saturated carbocycles. The van der Waals surface area contributed by atoms with E-state index in [1.807, 2.05) is 35.2 Å². The summed E-state index contributed by atoms with van der Waals surface area (Å²) in [4.78, 5) is 25.9. The number of nitrogens with zero attached hydrogens (tertiary/aromatic N) is 1. The van der Waals surface area contributed by atoms with Crippen LogP contribution < -0.4 is 10.6 Å². The number of carbonyl (C=O) groups is 2. The molecule has 124 valence electrons. The van der Waals surface area contributed by atoms with Crippen LogP contribution in [0.3, 0.4) is 0 Å². The largest absolute Gasteiger partial charge is 0.340 e. The van der Waals surface area contributed by atoms with E-state index in [0.29, 0.717) is 18.9 Å². The summed E-state index contributed by atoms with van der Waals surface area (Å²) >= 11 is 0. The van der Waals surface area contributed by atoms with Gasteiger partial charge in [0.1, 0.15) is 0 Å². The monoisotopic (exact) mass is 315 g/mol. The Labute approximate surface area is 137 Å². The Morgan fingerprint density at radius 3 is 2.61 bits per heavy atom. The number of rotatable bonds is 6. The number of carbonyl (C=O) groups excluding carboxylic acids is 2. The zero-order chi connectivity index (χ0) is 16.1. The number of urea groups is 1. The van der Waals surface area contributed by atoms with Crippen molar-refractivity contribution in [3.8, 4) is 0 Å². The van der Waals surface area contributed by atoms with Gasteiger partial charge in [0.2, 0.25) is 5.91 Å². The summed E-state index contributed by atoms with van der Waals surface area (Å²) in [6.45, 7) is 2.07. The Morgan fingerprint density at radius 2 is 2.00 bits per heavy atom. The molecule has 0 bridgehead atoms. The molecule has 3 rings (SSSR count). The standard InChI is InChI=1S/C18H25N3O2/c22-17-10-5-11-21(17)13-16(15-8-2-1-3-9-15)20-18(23)19-12-14-6-4-7-14/h1-3,8-9,14,16H,4-7,10-13H2,(H2,19,20,23). The Kier molecular flexibility index (Phi) is 5.16. The van der Waals surface area contributed by atoms with E-state index < -0.39 is 0 Å². The average molecular weight is 315 g/mol. The van der Waals surface area contributed by atoms with Gasteiger partial charge in [0, 0.05) is 26.1 Å². The van der Waals surface area contributed by atoms with Crippen molar-refractivity contribution in [3.63, 3.8) is 0 Å². The molecule has 1 atom stereocenters. The van der Waals surface area contributed by atoms with Crippen LogP contribution >= 0.6 is 0 Å². The van der Waals surface area contributed by atoms with E-state index in [0.717, 1.165) is 25.1 Å². The Bertz CT molecular complexity index is 542. The average Bonchev–Trinajstić information content (AvgIpc) is 2.91. The predicted molar refractivity (Wildman–Crippen MR) is 88.9 cm³/mol. The number of likely N-dealkylation sites (tertiary alicyclic amines) is 1. The van der Waals surface area contributed by atoms with Gasteiger partial charge in [0.25, 0.3) is 0 Å². The van der Waals surface area contributed by atoms with Gasteiger partial charge in [-0.2, -0.15) is 0 Å². The Hall–Kier alpha value is -2.04. The molecule has 1 saturated heterocycles. The first-order chi connectivity index (χ1) is 11.2. The van der Waals surface area contributed by atoms with Gasteiger partial charge in [-0.05, 0) is 30.7 Å². The SMILES string of the molecule is O=C(NCC1CCC1)NC(CN1CCCC1=O)c1ccccc1. The molecule has 0 spiro atoms. The van der Waals surface area contributed by atoms with Crippen molar-refractivity contribution in [1.82, 2.24) is 15.5 Å². The molecule has 2 aliphatic rings. The fraction of sp³-hybridized carbons (Fsp3) is 0.556. The summed E-state index contributed by atoms with van der Waals surface area (Å²) in [5, 5.41) is 6.01. The van der Waals surface area contributed by atoms with Gasteiger partial charge in [-0.3, -0.25) is 4.79 Å². The highest BCUT2D eigenvalue weighted by Crippen LogP contribution is 2.25. The number of amides is 3. The van der Waals surface area contributed by atoms with Gasteiger partial charge < -0.3 is 15.5 Å². The molecule has 3 amide bonds. The number of nitrogens with one attached hydrogen (secondary N) is 2. The summed E-state index contributed by atoms with van der Waals surface area (Å²) in [7, 11) is 0. The molecule has 0 aromatic heterocycles. The van der Waals surface area contributed by atoms with Crippen LogP contribution in [0.25, 0.3) is 0 Å². The molecule has 5 heteroatoms. The second-order valence-electron chi connectivity index (χ2n) is 6.56. The van der Waals surface area contributed by atoms with Crippen LogP contribution in [0, 0.1) is 5.92 Å². The minimum atomic E-state index is -0.167. The van der Waals surface area contributed by atoms with Crippen LogP contribution in [0.1, 0.15) is 43.7 Å². The first-order valence-electron chi connectivity index (χ1n) is 8.59. The molecule has 1 aromatic carbocycles. The predicted octanol–water partition coefficient (Wildman–Crippen LogP) is 2.45. The van der Waals surface area contributed by atoms with E-state index in [1.54, 1.807) is 0 Å². The van der Waals surface area contributed by atoms with Gasteiger partial charge >= 0.3 is 6.03 Å². The molecule has 2 N–H and O–H groups in total. The fourth-order valence-electron chi connectivity index (χ4n) is 3.18. The summed E-state index contributed by atoms with van der Waals surface area (Å²) in [5.41, 5.74) is 1.03. The molecule has 1 unspecified atom stereocenters. The van der Waals surface area contributed by atoms with Crippen LogP contribution in [0.4, 0.5) is 4.79 Å². The number of hydrogen-bond donors (Lipinski definition) is 2. The number of hydrogen-bond acceptors (Lipinski definition) is 2. The molecule has 1 aromatic rings. The summed E-state index contributed by atoms with van der Waals surface area (Å²) in [5.74, 6) is 0.818. The van der Waals surface area contributed by atoms with Crippen LogP contribution in [0.5, 0.6) is 0 Å². The summed E-state index contributed by atoms with van der Waals surface area (Å²) < 4.78 is 0. The third kappa shape index (κ3) is 4.24. The van der Waals surface area contributed by atoms with E-state index in [-0.39, 0.29) is 18.0 Å². The van der Waals surface area contributed by atoms with Crippen molar-refractivity contribution >= 4 is 11.9 Å². The van der Waals surface area contributed by atoms with E-state index >= 15 is 0 Å². The highest BCUT2D eigenvalue weighted by molar-refractivity contribution is 5.78. The molecule has 23 heavy (non-hydrogen) atoms. The smallest absolute Gasteiger partial charge is 0.315 e. The van der Waals surface area contributed by atoms with E-state index in [9.17, 15) is 9.59 Å². The first-order valence-corrected chi connectivity index (χ1v) is 8.59. The van der Waals surface area contributed by atoms with Crippen molar-refractivity contribution in [2.75, 3.05) is 19.6 Å². The van der Waals surface area contributed by atoms with Crippen LogP contribution in [0.15, 0.2) is 30.3 Å². The third-order valence-electron chi connectivity index (χ3n) is 4.86. The second-order valence-corrected chi connectivity index (χ2v) is 6.56. The summed E-state index contributed by atoms with van der Waals surface area (Å²) in [6, 6.07) is 9.56. The maximum atomic E-state index is 12.2. The van der Waals surface area contributed by atoms with Gasteiger partial charge in [-0.1, -0.05) is 36.8 Å². The maximum absolute atomic E-state index is 12.2. The second kappa shape index (κ2) is 7.49. The topological polar surface area (TPSA) is 61.4 Å². The fourth-order valence-corrected chi connectivity index (χ4v) is 3.18. The molecular formula is C18H25N3O2. The van der Waals surface area contributed by atoms with Crippen molar-refractivity contribution in [2.24, 2.45) is 5.92 Å². The molecule has 1 aliphatic heterocycles. The van der Waals surface area contributed by atoms with Gasteiger partial charge in [-0.15, -0.1) is 0 Å². The molecule has 2 fully saturated rings. The third-order valence-corrected chi connectivity index (χ3v) is 4.86. The Balaban J connectivity index is 1.59. The highest BCUT2D eigenvalue weighted by Gasteiger charge is 2.25. The zero-order valence-corrected chi connectivity index (χ0v) is 13.5. The lowest BCUT2D eigenvalue weighted by molar-refractivity contribution is -0.128. The van der Waals surface area contributed by atoms with E-state index in [1.165, 1.54) is 19.3 Å². The van der Waals surface area contributed by atoms with Crippen molar-refractivity contribution < 1.29 is 9.59 Å². The van der Waals surface area contributed by atoms with E-state index in [2.05, 4.69) is 10.6 Å². The molecule has 1 aliphatic carbocycles. The van der Waals surface area contributed by atoms with Gasteiger partial charge in [-0.25, -0.2) is 4.79 Å². The van der Waals surface area contributed by atoms with E-state index in [4.69, 9.17) is 0 Å². The summed E-state index contributed by atoms with van der Waals surface area (Å²) in [6.07, 6.45) is 5.23. The van der Waals surface area contributed by atoms with Crippen LogP contribution in [0.2, 0.25) is 0 Å². The lowest BCUT2D eigenvalue weighted by Gasteiger charge is -2.28. The first kappa shape index (κ1) is 15.8. The van der Waals surface area contributed by atoms with Crippen LogP contribution in [-0.4, -0.2) is 36.5 Å². The molecule has 0 radical (unpaired) electrons. The lowest BCUT2D eigenvalue weighted by atomic mass is 9.85. The minimum Gasteiger partial charge on any atom is -0.340 e. The van der Waals surface area contributed by atoms with Crippen molar-refractivity contribution in [1.29, 1.82) is 0 Å². The normalized spacial score (nSPS) is 19.3. The van der Waals surface area contributed by atoms with Crippen molar-refractivity contribution in [2.45, 2.75) is 38.1 Å². The quantitative estimate of drug-likeness (QED) is 0.847. The van der Waals surface area contributed by atoms with Gasteiger partial charge in [0.05, 0.1) is 6.04 Å². The molecule has 5 nitrogen and oxygen atoms in total. The highest BCUT2D eigenvalue weighted by atomic mass is 16.2. The molecule has 1 heterocycles. The number of benzene rings is 1. The maximum Gasteiger partial charge on any atom is 0.315 e. The minimum absolute atomic E-state index is 0.141.